The summed E-state index contributed by atoms with van der Waals surface area (Å²) < 4.78 is 48.4. The number of nitrogens with one attached hydrogen (secondary N) is 1. The molecule has 2 aliphatic rings. The van der Waals surface area contributed by atoms with E-state index in [1.807, 2.05) is 13.8 Å². The molecule has 0 spiro atoms. The van der Waals surface area contributed by atoms with Gasteiger partial charge in [0.05, 0.1) is 23.2 Å². The monoisotopic (exact) mass is 520 g/mol. The number of hydrogen-bond donors (Lipinski definition) is 3. The van der Waals surface area contributed by atoms with Crippen molar-refractivity contribution in [3.63, 3.8) is 0 Å². The van der Waals surface area contributed by atoms with E-state index in [0.29, 0.717) is 42.8 Å². The third kappa shape index (κ3) is 5.66. The number of primary amides is 1. The number of amides is 1. The Morgan fingerprint density at radius 1 is 1.16 bits per heavy atom. The number of esters is 1. The van der Waals surface area contributed by atoms with Crippen LogP contribution < -0.4 is 16.8 Å². The van der Waals surface area contributed by atoms with Crippen LogP contribution in [0.3, 0.4) is 0 Å². The molecule has 1 fully saturated rings. The fourth-order valence-corrected chi connectivity index (χ4v) is 5.31. The van der Waals surface area contributed by atoms with Crippen molar-refractivity contribution in [1.29, 1.82) is 0 Å². The Hall–Kier alpha value is -3.34. The number of nitrogens with zero attached hydrogens (tertiary/aromatic N) is 1. The van der Waals surface area contributed by atoms with Crippen LogP contribution in [0, 0.1) is 5.41 Å². The largest absolute Gasteiger partial charge is 0.461 e. The number of rotatable bonds is 6. The predicted molar refractivity (Wildman–Crippen MR) is 131 cm³/mol. The van der Waals surface area contributed by atoms with Crippen LogP contribution in [-0.2, 0) is 22.1 Å². The fraction of sp³-hybridized carbons (Fsp3) is 0.500. The summed E-state index contributed by atoms with van der Waals surface area (Å²) in [6.07, 6.45) is -1.14. The van der Waals surface area contributed by atoms with Gasteiger partial charge in [0.2, 0.25) is 0 Å². The quantitative estimate of drug-likeness (QED) is 0.494. The second-order valence-corrected chi connectivity index (χ2v) is 10.6. The number of ketones is 1. The molecule has 0 aliphatic heterocycles. The zero-order chi connectivity index (χ0) is 27.1. The van der Waals surface area contributed by atoms with Crippen LogP contribution in [0.4, 0.5) is 18.9 Å². The molecule has 0 radical (unpaired) electrons. The molecular formula is C26H31F3N4O4. The number of ether oxygens (including phenoxy) is 1. The van der Waals surface area contributed by atoms with Crippen molar-refractivity contribution >= 4 is 23.3 Å². The van der Waals surface area contributed by atoms with E-state index < -0.39 is 34.8 Å². The summed E-state index contributed by atoms with van der Waals surface area (Å²) in [5, 5.41) is 3.30. The number of carbonyl (C=O) groups excluding carboxylic acids is 3. The molecule has 1 amide bonds. The van der Waals surface area contributed by atoms with Gasteiger partial charge in [-0.05, 0) is 55.7 Å². The molecule has 0 atom stereocenters. The maximum atomic E-state index is 13.9. The van der Waals surface area contributed by atoms with Gasteiger partial charge in [0.15, 0.2) is 5.78 Å². The zero-order valence-corrected chi connectivity index (χ0v) is 20.8. The van der Waals surface area contributed by atoms with Crippen LogP contribution >= 0.6 is 0 Å². The lowest BCUT2D eigenvalue weighted by molar-refractivity contribution is -0.148. The Morgan fingerprint density at radius 2 is 1.84 bits per heavy atom. The van der Waals surface area contributed by atoms with Gasteiger partial charge in [-0.1, -0.05) is 13.8 Å². The number of aromatic nitrogens is 1. The highest BCUT2D eigenvalue weighted by molar-refractivity contribution is 6.01. The molecule has 11 heteroatoms. The number of fused-ring (bicyclic) bond motifs is 1. The summed E-state index contributed by atoms with van der Waals surface area (Å²) in [5.41, 5.74) is 10.4. The van der Waals surface area contributed by atoms with Gasteiger partial charge in [-0.25, -0.2) is 0 Å². The first-order valence-corrected chi connectivity index (χ1v) is 12.2. The molecular weight excluding hydrogens is 489 g/mol. The summed E-state index contributed by atoms with van der Waals surface area (Å²) in [6, 6.07) is 4.53. The van der Waals surface area contributed by atoms with Crippen LogP contribution in [-0.4, -0.2) is 40.9 Å². The molecule has 1 aromatic carbocycles. The van der Waals surface area contributed by atoms with Crippen molar-refractivity contribution in [2.45, 2.75) is 70.7 Å². The van der Waals surface area contributed by atoms with Crippen LogP contribution in [0.1, 0.15) is 77.9 Å². The normalized spacial score (nSPS) is 21.3. The Balaban J connectivity index is 1.68. The van der Waals surface area contributed by atoms with Crippen molar-refractivity contribution in [3.8, 4) is 5.69 Å². The first-order chi connectivity index (χ1) is 17.3. The molecule has 5 N–H and O–H groups in total. The van der Waals surface area contributed by atoms with Crippen LogP contribution in [0.25, 0.3) is 5.69 Å². The summed E-state index contributed by atoms with van der Waals surface area (Å²) >= 11 is 0. The lowest BCUT2D eigenvalue weighted by atomic mass is 9.75. The Kier molecular flexibility index (Phi) is 7.11. The van der Waals surface area contributed by atoms with E-state index in [1.54, 1.807) is 6.07 Å². The Bertz CT molecular complexity index is 1230. The maximum absolute atomic E-state index is 13.9. The van der Waals surface area contributed by atoms with Gasteiger partial charge in [0.1, 0.15) is 6.10 Å². The van der Waals surface area contributed by atoms with Crippen molar-refractivity contribution < 1.29 is 32.3 Å². The fourth-order valence-electron chi connectivity index (χ4n) is 5.31. The average Bonchev–Trinajstić information content (AvgIpc) is 3.19. The molecule has 200 valence electrons. The molecule has 37 heavy (non-hydrogen) atoms. The minimum absolute atomic E-state index is 0.0315. The lowest BCUT2D eigenvalue weighted by Gasteiger charge is -2.31. The molecule has 1 aromatic heterocycles. The number of nitrogens with two attached hydrogens (primary N) is 2. The van der Waals surface area contributed by atoms with Gasteiger partial charge in [-0.15, -0.1) is 0 Å². The summed E-state index contributed by atoms with van der Waals surface area (Å²) in [4.78, 5) is 36.4. The van der Waals surface area contributed by atoms with Gasteiger partial charge in [-0.3, -0.25) is 14.4 Å². The summed E-state index contributed by atoms with van der Waals surface area (Å²) in [6.45, 7) is 3.51. The lowest BCUT2D eigenvalue weighted by Crippen LogP contribution is -2.33. The number of halogens is 3. The van der Waals surface area contributed by atoms with E-state index in [9.17, 15) is 27.6 Å². The van der Waals surface area contributed by atoms with Crippen LogP contribution in [0.15, 0.2) is 24.4 Å². The van der Waals surface area contributed by atoms with Crippen LogP contribution in [0.5, 0.6) is 0 Å². The molecule has 4 rings (SSSR count). The molecule has 0 saturated heterocycles. The van der Waals surface area contributed by atoms with E-state index in [4.69, 9.17) is 16.2 Å². The van der Waals surface area contributed by atoms with Crippen molar-refractivity contribution in [3.05, 3.63) is 46.8 Å². The molecule has 2 aliphatic carbocycles. The van der Waals surface area contributed by atoms with Gasteiger partial charge in [0, 0.05) is 35.7 Å². The van der Waals surface area contributed by atoms with Gasteiger partial charge in [0.25, 0.3) is 5.91 Å². The topological polar surface area (TPSA) is 129 Å². The number of anilines is 1. The molecule has 2 aromatic rings. The van der Waals surface area contributed by atoms with Crippen molar-refractivity contribution in [1.82, 2.24) is 4.57 Å². The van der Waals surface area contributed by atoms with Gasteiger partial charge >= 0.3 is 12.1 Å². The SMILES string of the molecule is CC1(C)CC(=O)c2c(C(F)(F)F)cn(-c3ccc(C(N)=O)c(NC4CCC(OC(=O)CN)CC4)c3)c2C1. The Labute approximate surface area is 212 Å². The van der Waals surface area contributed by atoms with Crippen molar-refractivity contribution in [2.75, 3.05) is 11.9 Å². The summed E-state index contributed by atoms with van der Waals surface area (Å²) in [7, 11) is 0. The third-order valence-electron chi connectivity index (χ3n) is 7.02. The van der Waals surface area contributed by atoms with Gasteiger partial charge in [-0.2, -0.15) is 13.2 Å². The van der Waals surface area contributed by atoms with E-state index in [2.05, 4.69) is 5.32 Å². The molecule has 0 unspecified atom stereocenters. The van der Waals surface area contributed by atoms with Crippen LogP contribution in [0.2, 0.25) is 0 Å². The first kappa shape index (κ1) is 26.7. The number of carbonyl (C=O) groups is 3. The molecule has 1 heterocycles. The molecule has 1 saturated carbocycles. The minimum atomic E-state index is -4.69. The van der Waals surface area contributed by atoms with Crippen molar-refractivity contribution in [2.24, 2.45) is 16.9 Å². The van der Waals surface area contributed by atoms with E-state index in [0.717, 1.165) is 6.20 Å². The number of alkyl halides is 3. The first-order valence-electron chi connectivity index (χ1n) is 12.2. The smallest absolute Gasteiger partial charge is 0.418 e. The van der Waals surface area contributed by atoms with Gasteiger partial charge < -0.3 is 26.1 Å². The van der Waals surface area contributed by atoms with E-state index in [1.165, 1.54) is 16.7 Å². The standard InChI is InChI=1S/C26H31F3N4O4/c1-25(2)10-20-23(21(34)11-25)18(26(27,28)29)13-33(20)15-5-8-17(24(31)36)19(9-15)32-14-3-6-16(7-4-14)37-22(35)12-30/h5,8-9,13-14,16,32H,3-4,6-7,10-12,30H2,1-2H3,(H2,31,36). The highest BCUT2D eigenvalue weighted by atomic mass is 19.4. The van der Waals surface area contributed by atoms with E-state index in [-0.39, 0.29) is 42.7 Å². The predicted octanol–water partition coefficient (Wildman–Crippen LogP) is 3.98. The highest BCUT2D eigenvalue weighted by Gasteiger charge is 2.43. The minimum Gasteiger partial charge on any atom is -0.461 e. The molecule has 0 bridgehead atoms. The number of hydrogen-bond acceptors (Lipinski definition) is 6. The highest BCUT2D eigenvalue weighted by Crippen LogP contribution is 2.43. The zero-order valence-electron chi connectivity index (χ0n) is 20.8. The molecule has 8 nitrogen and oxygen atoms in total. The third-order valence-corrected chi connectivity index (χ3v) is 7.02. The average molecular weight is 521 g/mol. The number of Topliss-reactive ketones (excluding diaryl/α,β-unsaturated/α-hetero) is 1. The van der Waals surface area contributed by atoms with E-state index >= 15 is 0 Å². The summed E-state index contributed by atoms with van der Waals surface area (Å²) in [5.74, 6) is -1.67. The number of benzene rings is 1. The Morgan fingerprint density at radius 3 is 2.43 bits per heavy atom. The maximum Gasteiger partial charge on any atom is 0.418 e. The second-order valence-electron chi connectivity index (χ2n) is 10.6. The second kappa shape index (κ2) is 9.85.